The van der Waals surface area contributed by atoms with Gasteiger partial charge in [0.15, 0.2) is 5.11 Å². The van der Waals surface area contributed by atoms with Crippen LogP contribution < -0.4 is 25.4 Å². The molecular formula is C18H17Cl3IN3O3S. The van der Waals surface area contributed by atoms with E-state index in [9.17, 15) is 4.79 Å². The van der Waals surface area contributed by atoms with E-state index in [2.05, 4.69) is 38.5 Å². The zero-order chi connectivity index (χ0) is 21.6. The number of amides is 1. The number of nitrogens with one attached hydrogen (secondary N) is 3. The van der Waals surface area contributed by atoms with Crippen LogP contribution in [0.2, 0.25) is 0 Å². The van der Waals surface area contributed by atoms with E-state index in [1.807, 2.05) is 0 Å². The van der Waals surface area contributed by atoms with Crippen LogP contribution in [0.4, 0.5) is 5.69 Å². The van der Waals surface area contributed by atoms with Gasteiger partial charge in [0.25, 0.3) is 5.91 Å². The molecule has 0 aliphatic carbocycles. The molecule has 3 N–H and O–H groups in total. The summed E-state index contributed by atoms with van der Waals surface area (Å²) in [7, 11) is 3.07. The Labute approximate surface area is 202 Å². The number of ether oxygens (including phenoxy) is 2. The Morgan fingerprint density at radius 3 is 2.28 bits per heavy atom. The second-order valence-corrected chi connectivity index (χ2v) is 9.64. The van der Waals surface area contributed by atoms with E-state index in [1.165, 1.54) is 7.11 Å². The normalized spacial score (nSPS) is 11.9. The van der Waals surface area contributed by atoms with Crippen LogP contribution in [-0.4, -0.2) is 35.2 Å². The molecule has 11 heteroatoms. The van der Waals surface area contributed by atoms with Crippen molar-refractivity contribution >= 4 is 86.3 Å². The standard InChI is InChI=1S/C18H17Cl3IN3O3S/c1-27-12-7-8-14(28-2)13(9-12)23-17(29)25-16(18(19,20)21)24-15(26)10-3-5-11(22)6-4-10/h3-9,16H,1-2H3,(H,24,26)(H2,23,25,29). The van der Waals surface area contributed by atoms with Crippen molar-refractivity contribution in [3.63, 3.8) is 0 Å². The van der Waals surface area contributed by atoms with Gasteiger partial charge < -0.3 is 25.4 Å². The van der Waals surface area contributed by atoms with Gasteiger partial charge in [-0.15, -0.1) is 0 Å². The summed E-state index contributed by atoms with van der Waals surface area (Å²) in [6.07, 6.45) is -1.10. The van der Waals surface area contributed by atoms with Gasteiger partial charge in [-0.1, -0.05) is 34.8 Å². The van der Waals surface area contributed by atoms with Crippen LogP contribution in [-0.2, 0) is 0 Å². The van der Waals surface area contributed by atoms with Crippen LogP contribution in [0, 0.1) is 3.57 Å². The zero-order valence-electron chi connectivity index (χ0n) is 15.3. The number of halogens is 4. The Hall–Kier alpha value is -1.20. The molecule has 1 amide bonds. The number of hydrogen-bond acceptors (Lipinski definition) is 4. The Balaban J connectivity index is 2.13. The quantitative estimate of drug-likeness (QED) is 0.196. The Kier molecular flexibility index (Phi) is 8.90. The lowest BCUT2D eigenvalue weighted by Crippen LogP contribution is -2.56. The maximum absolute atomic E-state index is 12.5. The molecule has 0 aliphatic rings. The van der Waals surface area contributed by atoms with Crippen LogP contribution in [0.1, 0.15) is 10.4 Å². The van der Waals surface area contributed by atoms with Crippen LogP contribution in [0.25, 0.3) is 0 Å². The maximum Gasteiger partial charge on any atom is 0.252 e. The number of rotatable bonds is 6. The molecule has 0 spiro atoms. The molecule has 0 aliphatic heterocycles. The van der Waals surface area contributed by atoms with E-state index in [0.717, 1.165) is 3.57 Å². The first-order chi connectivity index (χ1) is 13.6. The minimum absolute atomic E-state index is 0.107. The highest BCUT2D eigenvalue weighted by Gasteiger charge is 2.35. The Morgan fingerprint density at radius 1 is 1.07 bits per heavy atom. The van der Waals surface area contributed by atoms with E-state index in [4.69, 9.17) is 56.5 Å². The van der Waals surface area contributed by atoms with E-state index >= 15 is 0 Å². The third-order valence-electron chi connectivity index (χ3n) is 3.64. The molecule has 2 aromatic rings. The van der Waals surface area contributed by atoms with Crippen molar-refractivity contribution in [2.75, 3.05) is 19.5 Å². The van der Waals surface area contributed by atoms with Crippen molar-refractivity contribution in [1.29, 1.82) is 0 Å². The summed E-state index contributed by atoms with van der Waals surface area (Å²) in [6, 6.07) is 12.1. The average Bonchev–Trinajstić information content (AvgIpc) is 2.67. The van der Waals surface area contributed by atoms with E-state index < -0.39 is 15.9 Å². The first-order valence-electron chi connectivity index (χ1n) is 8.06. The van der Waals surface area contributed by atoms with Gasteiger partial charge in [-0.3, -0.25) is 4.79 Å². The molecule has 0 fully saturated rings. The van der Waals surface area contributed by atoms with Gasteiger partial charge in [-0.25, -0.2) is 0 Å². The lowest BCUT2D eigenvalue weighted by molar-refractivity contribution is 0.0934. The predicted octanol–water partition coefficient (Wildman–Crippen LogP) is 4.72. The number of anilines is 1. The third kappa shape index (κ3) is 7.21. The lowest BCUT2D eigenvalue weighted by atomic mass is 10.2. The van der Waals surface area contributed by atoms with Gasteiger partial charge in [0, 0.05) is 15.2 Å². The zero-order valence-corrected chi connectivity index (χ0v) is 20.5. The fourth-order valence-electron chi connectivity index (χ4n) is 2.22. The lowest BCUT2D eigenvalue weighted by Gasteiger charge is -2.28. The van der Waals surface area contributed by atoms with Crippen molar-refractivity contribution in [1.82, 2.24) is 10.6 Å². The largest absolute Gasteiger partial charge is 0.497 e. The molecule has 156 valence electrons. The van der Waals surface area contributed by atoms with Crippen molar-refractivity contribution in [3.8, 4) is 11.5 Å². The average molecular weight is 589 g/mol. The summed E-state index contributed by atoms with van der Waals surface area (Å²) in [4.78, 5) is 12.5. The Morgan fingerprint density at radius 2 is 1.72 bits per heavy atom. The van der Waals surface area contributed by atoms with Gasteiger partial charge in [0.2, 0.25) is 3.79 Å². The highest BCUT2D eigenvalue weighted by molar-refractivity contribution is 14.1. The SMILES string of the molecule is COc1ccc(OC)c(NC(=S)NC(NC(=O)c2ccc(I)cc2)C(Cl)(Cl)Cl)c1. The number of hydrogen-bond donors (Lipinski definition) is 3. The van der Waals surface area contributed by atoms with E-state index in [-0.39, 0.29) is 5.11 Å². The molecular weight excluding hydrogens is 572 g/mol. The molecule has 0 heterocycles. The van der Waals surface area contributed by atoms with Crippen LogP contribution >= 0.6 is 69.6 Å². The second-order valence-electron chi connectivity index (χ2n) is 5.62. The van der Waals surface area contributed by atoms with Gasteiger partial charge in [-0.2, -0.15) is 0 Å². The van der Waals surface area contributed by atoms with Crippen molar-refractivity contribution in [3.05, 3.63) is 51.6 Å². The molecule has 6 nitrogen and oxygen atoms in total. The molecule has 1 unspecified atom stereocenters. The second kappa shape index (κ2) is 10.7. The summed E-state index contributed by atoms with van der Waals surface area (Å²) in [5.74, 6) is 0.705. The van der Waals surface area contributed by atoms with Gasteiger partial charge >= 0.3 is 0 Å². The number of benzene rings is 2. The molecule has 1 atom stereocenters. The topological polar surface area (TPSA) is 71.6 Å². The highest BCUT2D eigenvalue weighted by atomic mass is 127. The molecule has 0 bridgehead atoms. The third-order valence-corrected chi connectivity index (χ3v) is 5.23. The summed E-state index contributed by atoms with van der Waals surface area (Å²) >= 11 is 25.5. The summed E-state index contributed by atoms with van der Waals surface area (Å²) in [6.45, 7) is 0. The Bertz CT molecular complexity index is 879. The van der Waals surface area contributed by atoms with Crippen molar-refractivity contribution < 1.29 is 14.3 Å². The molecule has 0 aromatic heterocycles. The maximum atomic E-state index is 12.5. The number of alkyl halides is 3. The van der Waals surface area contributed by atoms with Crippen LogP contribution in [0.15, 0.2) is 42.5 Å². The molecule has 2 aromatic carbocycles. The van der Waals surface area contributed by atoms with Crippen LogP contribution in [0.3, 0.4) is 0 Å². The highest BCUT2D eigenvalue weighted by Crippen LogP contribution is 2.31. The first-order valence-corrected chi connectivity index (χ1v) is 10.7. The van der Waals surface area contributed by atoms with Gasteiger partial charge in [0.1, 0.15) is 17.7 Å². The summed E-state index contributed by atoms with van der Waals surface area (Å²) in [5.41, 5.74) is 0.955. The minimum Gasteiger partial charge on any atom is -0.497 e. The smallest absolute Gasteiger partial charge is 0.252 e. The first kappa shape index (κ1) is 24.1. The van der Waals surface area contributed by atoms with E-state index in [0.29, 0.717) is 22.7 Å². The fraction of sp³-hybridized carbons (Fsp3) is 0.222. The van der Waals surface area contributed by atoms with E-state index in [1.54, 1.807) is 49.6 Å². The number of methoxy groups -OCH3 is 2. The number of thiocarbonyl (C=S) groups is 1. The number of carbonyl (C=O) groups is 1. The molecule has 0 radical (unpaired) electrons. The molecule has 2 rings (SSSR count). The fourth-order valence-corrected chi connectivity index (χ4v) is 3.13. The van der Waals surface area contributed by atoms with Crippen molar-refractivity contribution in [2.45, 2.75) is 9.96 Å². The van der Waals surface area contributed by atoms with Crippen LogP contribution in [0.5, 0.6) is 11.5 Å². The molecule has 29 heavy (non-hydrogen) atoms. The minimum atomic E-state index is -1.87. The summed E-state index contributed by atoms with van der Waals surface area (Å²) in [5, 5.41) is 8.48. The van der Waals surface area contributed by atoms with Gasteiger partial charge in [0.05, 0.1) is 19.9 Å². The monoisotopic (exact) mass is 587 g/mol. The molecule has 0 saturated heterocycles. The summed E-state index contributed by atoms with van der Waals surface area (Å²) < 4.78 is 9.62. The van der Waals surface area contributed by atoms with Crippen molar-refractivity contribution in [2.24, 2.45) is 0 Å². The number of carbonyl (C=O) groups excluding carboxylic acids is 1. The molecule has 0 saturated carbocycles. The predicted molar refractivity (Wildman–Crippen MR) is 130 cm³/mol. The van der Waals surface area contributed by atoms with Gasteiger partial charge in [-0.05, 0) is 71.2 Å².